The van der Waals surface area contributed by atoms with Crippen LogP contribution in [0.25, 0.3) is 0 Å². The van der Waals surface area contributed by atoms with E-state index >= 15 is 0 Å². The predicted octanol–water partition coefficient (Wildman–Crippen LogP) is -1.39. The molecule has 1 rings (SSSR count). The van der Waals surface area contributed by atoms with E-state index in [2.05, 4.69) is 10.6 Å². The lowest BCUT2D eigenvalue weighted by Gasteiger charge is -2.25. The highest BCUT2D eigenvalue weighted by atomic mass is 16.4. The third kappa shape index (κ3) is 9.16. The van der Waals surface area contributed by atoms with Crippen molar-refractivity contribution in [3.8, 4) is 0 Å². The monoisotopic (exact) mass is 480 g/mol. The Labute approximate surface area is 196 Å². The topological polar surface area (TPSA) is 208 Å². The molecule has 5 atom stereocenters. The molecule has 5 unspecified atom stereocenters. The maximum Gasteiger partial charge on any atom is 0.328 e. The van der Waals surface area contributed by atoms with Crippen molar-refractivity contribution >= 4 is 29.7 Å². The number of carboxylic acids is 2. The molecule has 0 aliphatic heterocycles. The van der Waals surface area contributed by atoms with Crippen LogP contribution in [0.3, 0.4) is 0 Å². The first-order chi connectivity index (χ1) is 15.8. The molecule has 0 fully saturated rings. The SMILES string of the molecule is CC(C)C(N)C(=O)NC(Cc1ccccc1)C(=O)NC(CC(=O)O)C(=O)NC(C(=O)O)C(C)O. The lowest BCUT2D eigenvalue weighted by Crippen LogP contribution is -2.59. The second-order valence-electron chi connectivity index (χ2n) is 8.24. The van der Waals surface area contributed by atoms with Crippen LogP contribution < -0.4 is 21.7 Å². The van der Waals surface area contributed by atoms with Gasteiger partial charge in [0.25, 0.3) is 0 Å². The highest BCUT2D eigenvalue weighted by Crippen LogP contribution is 2.07. The van der Waals surface area contributed by atoms with Gasteiger partial charge in [0.05, 0.1) is 18.6 Å². The molecule has 34 heavy (non-hydrogen) atoms. The van der Waals surface area contributed by atoms with Crippen molar-refractivity contribution in [3.05, 3.63) is 35.9 Å². The van der Waals surface area contributed by atoms with Crippen LogP contribution in [0.5, 0.6) is 0 Å². The minimum Gasteiger partial charge on any atom is -0.481 e. The maximum atomic E-state index is 13.0. The molecule has 0 saturated heterocycles. The molecule has 0 aliphatic rings. The summed E-state index contributed by atoms with van der Waals surface area (Å²) in [6.07, 6.45) is -2.32. The number of aliphatic hydroxyl groups is 1. The number of amides is 3. The molecule has 1 aromatic carbocycles. The number of nitrogens with one attached hydrogen (secondary N) is 3. The zero-order valence-electron chi connectivity index (χ0n) is 19.2. The van der Waals surface area contributed by atoms with Gasteiger partial charge in [0.2, 0.25) is 17.7 Å². The normalized spacial score (nSPS) is 15.4. The fraction of sp³-hybridized carbons (Fsp3) is 0.500. The highest BCUT2D eigenvalue weighted by molar-refractivity contribution is 5.95. The van der Waals surface area contributed by atoms with Gasteiger partial charge in [-0.05, 0) is 18.4 Å². The summed E-state index contributed by atoms with van der Waals surface area (Å²) in [5.74, 6) is -5.79. The van der Waals surface area contributed by atoms with Crippen LogP contribution in [0.1, 0.15) is 32.8 Å². The quantitative estimate of drug-likeness (QED) is 0.177. The molecule has 0 heterocycles. The van der Waals surface area contributed by atoms with Gasteiger partial charge in [-0.3, -0.25) is 19.2 Å². The molecule has 0 aliphatic carbocycles. The summed E-state index contributed by atoms with van der Waals surface area (Å²) in [6.45, 7) is 4.59. The maximum absolute atomic E-state index is 13.0. The average Bonchev–Trinajstić information content (AvgIpc) is 2.75. The van der Waals surface area contributed by atoms with Crippen LogP contribution in [0, 0.1) is 5.92 Å². The average molecular weight is 481 g/mol. The van der Waals surface area contributed by atoms with Crippen molar-refractivity contribution in [2.24, 2.45) is 11.7 Å². The number of hydrogen-bond acceptors (Lipinski definition) is 7. The van der Waals surface area contributed by atoms with Gasteiger partial charge < -0.3 is 37.0 Å². The number of rotatable bonds is 13. The second-order valence-corrected chi connectivity index (χ2v) is 8.24. The van der Waals surface area contributed by atoms with E-state index in [0.717, 1.165) is 6.92 Å². The van der Waals surface area contributed by atoms with Crippen LogP contribution in [-0.4, -0.2) is 75.3 Å². The van der Waals surface area contributed by atoms with E-state index in [1.807, 2.05) is 5.32 Å². The minimum absolute atomic E-state index is 0.0239. The van der Waals surface area contributed by atoms with E-state index in [9.17, 15) is 29.1 Å². The van der Waals surface area contributed by atoms with Gasteiger partial charge in [0, 0.05) is 6.42 Å². The van der Waals surface area contributed by atoms with Gasteiger partial charge >= 0.3 is 11.9 Å². The van der Waals surface area contributed by atoms with Gasteiger partial charge in [0.1, 0.15) is 12.1 Å². The van der Waals surface area contributed by atoms with Gasteiger partial charge in [-0.2, -0.15) is 0 Å². The summed E-state index contributed by atoms with van der Waals surface area (Å²) >= 11 is 0. The first kappa shape index (κ1) is 28.5. The van der Waals surface area contributed by atoms with E-state index in [4.69, 9.17) is 15.9 Å². The number of hydrogen-bond donors (Lipinski definition) is 7. The molecule has 0 radical (unpaired) electrons. The van der Waals surface area contributed by atoms with Crippen LogP contribution in [0.2, 0.25) is 0 Å². The summed E-state index contributed by atoms with van der Waals surface area (Å²) < 4.78 is 0. The molecular weight excluding hydrogens is 448 g/mol. The largest absolute Gasteiger partial charge is 0.481 e. The third-order valence-electron chi connectivity index (χ3n) is 4.99. The Morgan fingerprint density at radius 2 is 1.38 bits per heavy atom. The van der Waals surface area contributed by atoms with Crippen molar-refractivity contribution in [1.82, 2.24) is 16.0 Å². The van der Waals surface area contributed by atoms with Crippen molar-refractivity contribution < 1.29 is 39.3 Å². The van der Waals surface area contributed by atoms with Crippen molar-refractivity contribution in [2.75, 3.05) is 0 Å². The molecule has 8 N–H and O–H groups in total. The van der Waals surface area contributed by atoms with Crippen molar-refractivity contribution in [3.63, 3.8) is 0 Å². The first-order valence-corrected chi connectivity index (χ1v) is 10.7. The third-order valence-corrected chi connectivity index (χ3v) is 4.99. The van der Waals surface area contributed by atoms with E-state index in [0.29, 0.717) is 5.56 Å². The molecule has 0 spiro atoms. The highest BCUT2D eigenvalue weighted by Gasteiger charge is 2.33. The lowest BCUT2D eigenvalue weighted by molar-refractivity contribution is -0.146. The lowest BCUT2D eigenvalue weighted by atomic mass is 10.0. The summed E-state index contributed by atoms with van der Waals surface area (Å²) in [4.78, 5) is 60.6. The second kappa shape index (κ2) is 13.3. The summed E-state index contributed by atoms with van der Waals surface area (Å²) in [5.41, 5.74) is 6.54. The number of carbonyl (C=O) groups excluding carboxylic acids is 3. The predicted molar refractivity (Wildman–Crippen MR) is 120 cm³/mol. The molecule has 0 bridgehead atoms. The zero-order chi connectivity index (χ0) is 26.0. The number of nitrogens with two attached hydrogens (primary N) is 1. The Balaban J connectivity index is 3.12. The standard InChI is InChI=1S/C22H32N4O8/c1-11(2)17(23)21(32)25-14(9-13-7-5-4-6-8-13)19(30)24-15(10-16(28)29)20(31)26-18(12(3)27)22(33)34/h4-8,11-12,14-15,17-18,27H,9-10,23H2,1-3H3,(H,24,30)(H,25,32)(H,26,31)(H,28,29)(H,33,34). The van der Waals surface area contributed by atoms with E-state index in [1.165, 1.54) is 0 Å². The molecular formula is C22H32N4O8. The van der Waals surface area contributed by atoms with E-state index in [-0.39, 0.29) is 12.3 Å². The molecule has 0 aromatic heterocycles. The van der Waals surface area contributed by atoms with Crippen molar-refractivity contribution in [2.45, 2.75) is 63.9 Å². The molecule has 1 aromatic rings. The first-order valence-electron chi connectivity index (χ1n) is 10.7. The zero-order valence-corrected chi connectivity index (χ0v) is 19.2. The fourth-order valence-electron chi connectivity index (χ4n) is 2.93. The van der Waals surface area contributed by atoms with Crippen molar-refractivity contribution in [1.29, 1.82) is 0 Å². The fourth-order valence-corrected chi connectivity index (χ4v) is 2.93. The smallest absolute Gasteiger partial charge is 0.328 e. The summed E-state index contributed by atoms with van der Waals surface area (Å²) in [6, 6.07) is 3.17. The Hall–Kier alpha value is -3.51. The summed E-state index contributed by atoms with van der Waals surface area (Å²) in [5, 5.41) is 34.7. The number of benzene rings is 1. The Bertz CT molecular complexity index is 875. The van der Waals surface area contributed by atoms with Gasteiger partial charge in [0.15, 0.2) is 6.04 Å². The van der Waals surface area contributed by atoms with Gasteiger partial charge in [-0.1, -0.05) is 44.2 Å². The van der Waals surface area contributed by atoms with Crippen LogP contribution >= 0.6 is 0 Å². The van der Waals surface area contributed by atoms with E-state index in [1.54, 1.807) is 44.2 Å². The number of carbonyl (C=O) groups is 5. The molecule has 3 amide bonds. The Morgan fingerprint density at radius 3 is 1.85 bits per heavy atom. The van der Waals surface area contributed by atoms with E-state index < -0.39 is 66.4 Å². The van der Waals surface area contributed by atoms with Crippen LogP contribution in [0.15, 0.2) is 30.3 Å². The summed E-state index contributed by atoms with van der Waals surface area (Å²) in [7, 11) is 0. The Morgan fingerprint density at radius 1 is 0.853 bits per heavy atom. The number of carboxylic acid groups (broad SMARTS) is 2. The molecule has 0 saturated carbocycles. The van der Waals surface area contributed by atoms with Gasteiger partial charge in [-0.25, -0.2) is 4.79 Å². The minimum atomic E-state index is -1.72. The van der Waals surface area contributed by atoms with Crippen LogP contribution in [-0.2, 0) is 30.4 Å². The number of aliphatic hydroxyl groups excluding tert-OH is 1. The molecule has 188 valence electrons. The van der Waals surface area contributed by atoms with Gasteiger partial charge in [-0.15, -0.1) is 0 Å². The molecule has 12 nitrogen and oxygen atoms in total. The van der Waals surface area contributed by atoms with Crippen LogP contribution in [0.4, 0.5) is 0 Å². The number of aliphatic carboxylic acids is 2. The Kier molecular flexibility index (Phi) is 11.1. The molecule has 12 heteroatoms.